The third kappa shape index (κ3) is 2.62. The summed E-state index contributed by atoms with van der Waals surface area (Å²) >= 11 is 0. The van der Waals surface area contributed by atoms with E-state index in [1.54, 1.807) is 12.3 Å². The summed E-state index contributed by atoms with van der Waals surface area (Å²) in [4.78, 5) is 12.2. The molecule has 2 aromatic rings. The predicted molar refractivity (Wildman–Crippen MR) is 70.7 cm³/mol. The summed E-state index contributed by atoms with van der Waals surface area (Å²) in [5, 5.41) is 7.73. The van der Waals surface area contributed by atoms with Crippen LogP contribution in [0, 0.1) is 20.8 Å². The quantitative estimate of drug-likeness (QED) is 0.775. The van der Waals surface area contributed by atoms with Gasteiger partial charge in [-0.3, -0.25) is 4.79 Å². The van der Waals surface area contributed by atoms with Crippen LogP contribution in [-0.2, 0) is 6.42 Å². The van der Waals surface area contributed by atoms with E-state index in [-0.39, 0.29) is 5.78 Å². The Morgan fingerprint density at radius 2 is 1.83 bits per heavy atom. The lowest BCUT2D eigenvalue weighted by molar-refractivity contribution is 0.0991. The highest BCUT2D eigenvalue weighted by atomic mass is 16.1. The molecule has 0 bridgehead atoms. The molecule has 3 nitrogen and oxygen atoms in total. The monoisotopic (exact) mass is 240 g/mol. The number of rotatable bonds is 3. The molecule has 2 rings (SSSR count). The molecule has 0 atom stereocenters. The van der Waals surface area contributed by atoms with Gasteiger partial charge in [0.1, 0.15) is 0 Å². The highest BCUT2D eigenvalue weighted by molar-refractivity contribution is 5.98. The molecule has 0 N–H and O–H groups in total. The van der Waals surface area contributed by atoms with Crippen molar-refractivity contribution in [2.45, 2.75) is 27.2 Å². The maximum atomic E-state index is 12.2. The number of ketones is 1. The van der Waals surface area contributed by atoms with E-state index in [1.165, 1.54) is 5.56 Å². The van der Waals surface area contributed by atoms with Crippen molar-refractivity contribution in [2.75, 3.05) is 0 Å². The Morgan fingerprint density at radius 3 is 2.50 bits per heavy atom. The molecule has 1 aromatic carbocycles. The Morgan fingerprint density at radius 1 is 1.11 bits per heavy atom. The van der Waals surface area contributed by atoms with E-state index < -0.39 is 0 Å². The van der Waals surface area contributed by atoms with Gasteiger partial charge in [0.25, 0.3) is 0 Å². The molecule has 0 spiro atoms. The van der Waals surface area contributed by atoms with Crippen molar-refractivity contribution in [2.24, 2.45) is 0 Å². The zero-order valence-electron chi connectivity index (χ0n) is 10.9. The first-order valence-corrected chi connectivity index (χ1v) is 5.95. The van der Waals surface area contributed by atoms with Gasteiger partial charge < -0.3 is 0 Å². The van der Waals surface area contributed by atoms with Crippen LogP contribution in [0.3, 0.4) is 0 Å². The van der Waals surface area contributed by atoms with Crippen LogP contribution in [0.4, 0.5) is 0 Å². The lowest BCUT2D eigenvalue weighted by atomic mass is 9.96. The Balaban J connectivity index is 2.27. The van der Waals surface area contributed by atoms with E-state index in [2.05, 4.69) is 23.2 Å². The molecule has 18 heavy (non-hydrogen) atoms. The van der Waals surface area contributed by atoms with E-state index >= 15 is 0 Å². The number of aromatic nitrogens is 2. The summed E-state index contributed by atoms with van der Waals surface area (Å²) in [7, 11) is 0. The summed E-state index contributed by atoms with van der Waals surface area (Å²) in [6.07, 6.45) is 1.91. The molecule has 0 aliphatic carbocycles. The fourth-order valence-corrected chi connectivity index (χ4v) is 1.95. The van der Waals surface area contributed by atoms with Crippen LogP contribution >= 0.6 is 0 Å². The highest BCUT2D eigenvalue weighted by Crippen LogP contribution is 2.17. The van der Waals surface area contributed by atoms with Crippen LogP contribution in [0.1, 0.15) is 32.7 Å². The molecule has 0 fully saturated rings. The number of carbonyl (C=O) groups is 1. The number of hydrogen-bond donors (Lipinski definition) is 0. The lowest BCUT2D eigenvalue weighted by Gasteiger charge is -2.08. The molecular formula is C15H16N2O. The van der Waals surface area contributed by atoms with Gasteiger partial charge in [-0.15, -0.1) is 0 Å². The van der Waals surface area contributed by atoms with Crippen LogP contribution in [0.25, 0.3) is 0 Å². The highest BCUT2D eigenvalue weighted by Gasteiger charge is 2.12. The Kier molecular flexibility index (Phi) is 3.51. The number of benzene rings is 1. The van der Waals surface area contributed by atoms with Gasteiger partial charge in [-0.05, 0) is 55.7 Å². The molecule has 0 aliphatic rings. The van der Waals surface area contributed by atoms with Gasteiger partial charge in [-0.2, -0.15) is 10.2 Å². The van der Waals surface area contributed by atoms with Crippen LogP contribution in [0.15, 0.2) is 30.5 Å². The largest absolute Gasteiger partial charge is 0.294 e. The lowest BCUT2D eigenvalue weighted by Crippen LogP contribution is -2.08. The predicted octanol–water partition coefficient (Wildman–Crippen LogP) is 2.83. The maximum Gasteiger partial charge on any atom is 0.169 e. The van der Waals surface area contributed by atoms with Gasteiger partial charge in [0, 0.05) is 11.8 Å². The van der Waals surface area contributed by atoms with E-state index in [1.807, 2.05) is 26.0 Å². The second-order valence-corrected chi connectivity index (χ2v) is 4.57. The van der Waals surface area contributed by atoms with E-state index in [0.717, 1.165) is 16.7 Å². The van der Waals surface area contributed by atoms with Crippen molar-refractivity contribution in [1.82, 2.24) is 10.2 Å². The zero-order valence-corrected chi connectivity index (χ0v) is 10.9. The number of aryl methyl sites for hydroxylation is 3. The minimum atomic E-state index is 0.0936. The topological polar surface area (TPSA) is 42.9 Å². The van der Waals surface area contributed by atoms with Gasteiger partial charge in [0.15, 0.2) is 5.78 Å². The van der Waals surface area contributed by atoms with Crippen molar-refractivity contribution >= 4 is 5.78 Å². The standard InChI is InChI=1S/C15H16N2O/c1-10-7-12(3)14(8-11(10)2)15(18)9-13-5-4-6-16-17-13/h4-8H,9H2,1-3H3. The zero-order chi connectivity index (χ0) is 13.1. The molecule has 0 radical (unpaired) electrons. The number of nitrogens with zero attached hydrogens (tertiary/aromatic N) is 2. The maximum absolute atomic E-state index is 12.2. The van der Waals surface area contributed by atoms with Crippen LogP contribution in [-0.4, -0.2) is 16.0 Å². The number of hydrogen-bond acceptors (Lipinski definition) is 3. The van der Waals surface area contributed by atoms with E-state index in [4.69, 9.17) is 0 Å². The van der Waals surface area contributed by atoms with Crippen LogP contribution < -0.4 is 0 Å². The molecule has 1 heterocycles. The minimum Gasteiger partial charge on any atom is -0.294 e. The number of Topliss-reactive ketones (excluding diaryl/α,β-unsaturated/α-hetero) is 1. The van der Waals surface area contributed by atoms with Gasteiger partial charge >= 0.3 is 0 Å². The average Bonchev–Trinajstić information content (AvgIpc) is 2.35. The van der Waals surface area contributed by atoms with Gasteiger partial charge in [0.2, 0.25) is 0 Å². The van der Waals surface area contributed by atoms with Gasteiger partial charge in [-0.1, -0.05) is 6.07 Å². The van der Waals surface area contributed by atoms with Crippen molar-refractivity contribution < 1.29 is 4.79 Å². The molecule has 0 amide bonds. The smallest absolute Gasteiger partial charge is 0.169 e. The summed E-state index contributed by atoms with van der Waals surface area (Å²) in [6, 6.07) is 7.63. The summed E-state index contributed by atoms with van der Waals surface area (Å²) < 4.78 is 0. The summed E-state index contributed by atoms with van der Waals surface area (Å²) in [6.45, 7) is 6.05. The van der Waals surface area contributed by atoms with E-state index in [0.29, 0.717) is 12.1 Å². The van der Waals surface area contributed by atoms with Crippen LogP contribution in [0.2, 0.25) is 0 Å². The molecule has 3 heteroatoms. The molecule has 92 valence electrons. The fourth-order valence-electron chi connectivity index (χ4n) is 1.95. The summed E-state index contributed by atoms with van der Waals surface area (Å²) in [5.41, 5.74) is 4.86. The summed E-state index contributed by atoms with van der Waals surface area (Å²) in [5.74, 6) is 0.0936. The normalized spacial score (nSPS) is 10.4. The fraction of sp³-hybridized carbons (Fsp3) is 0.267. The molecule has 0 saturated carbocycles. The Bertz CT molecular complexity index is 577. The molecule has 0 saturated heterocycles. The SMILES string of the molecule is Cc1cc(C)c(C(=O)Cc2cccnn2)cc1C. The molecule has 1 aromatic heterocycles. The third-order valence-corrected chi connectivity index (χ3v) is 3.11. The van der Waals surface area contributed by atoms with Gasteiger partial charge in [0.05, 0.1) is 12.1 Å². The second-order valence-electron chi connectivity index (χ2n) is 4.57. The van der Waals surface area contributed by atoms with E-state index in [9.17, 15) is 4.79 Å². The van der Waals surface area contributed by atoms with Crippen molar-refractivity contribution in [3.8, 4) is 0 Å². The first kappa shape index (κ1) is 12.4. The van der Waals surface area contributed by atoms with Crippen molar-refractivity contribution in [3.63, 3.8) is 0 Å². The second kappa shape index (κ2) is 5.08. The minimum absolute atomic E-state index is 0.0936. The average molecular weight is 240 g/mol. The molecule has 0 unspecified atom stereocenters. The first-order chi connectivity index (χ1) is 8.58. The van der Waals surface area contributed by atoms with Crippen molar-refractivity contribution in [1.29, 1.82) is 0 Å². The molecule has 0 aliphatic heterocycles. The van der Waals surface area contributed by atoms with Crippen molar-refractivity contribution in [3.05, 3.63) is 58.4 Å². The van der Waals surface area contributed by atoms with Gasteiger partial charge in [-0.25, -0.2) is 0 Å². The Hall–Kier alpha value is -2.03. The van der Waals surface area contributed by atoms with Crippen LogP contribution in [0.5, 0.6) is 0 Å². The first-order valence-electron chi connectivity index (χ1n) is 5.95. The number of carbonyl (C=O) groups excluding carboxylic acids is 1. The third-order valence-electron chi connectivity index (χ3n) is 3.11. The molecular weight excluding hydrogens is 224 g/mol. The Labute approximate surface area is 107 Å².